The predicted octanol–water partition coefficient (Wildman–Crippen LogP) is 3.48. The summed E-state index contributed by atoms with van der Waals surface area (Å²) in [5, 5.41) is 2.95. The lowest BCUT2D eigenvalue weighted by Gasteiger charge is -2.32. The lowest BCUT2D eigenvalue weighted by atomic mass is 9.87. The second-order valence-corrected chi connectivity index (χ2v) is 7.37. The van der Waals surface area contributed by atoms with E-state index in [4.69, 9.17) is 14.2 Å². The van der Waals surface area contributed by atoms with Gasteiger partial charge in [-0.05, 0) is 42.7 Å². The van der Waals surface area contributed by atoms with Crippen molar-refractivity contribution in [2.24, 2.45) is 0 Å². The molecule has 2 aliphatic rings. The van der Waals surface area contributed by atoms with E-state index in [9.17, 15) is 18.4 Å². The third-order valence-electron chi connectivity index (χ3n) is 5.43. The molecule has 0 atom stereocenters. The molecule has 8 heteroatoms. The monoisotopic (exact) mass is 417 g/mol. The van der Waals surface area contributed by atoms with Crippen LogP contribution in [0.15, 0.2) is 36.4 Å². The van der Waals surface area contributed by atoms with Crippen LogP contribution in [0.4, 0.5) is 8.78 Å². The molecule has 0 spiro atoms. The summed E-state index contributed by atoms with van der Waals surface area (Å²) in [6, 6.07) is 8.62. The van der Waals surface area contributed by atoms with Crippen LogP contribution in [0, 0.1) is 11.6 Å². The zero-order chi connectivity index (χ0) is 21.1. The molecule has 6 nitrogen and oxygen atoms in total. The number of amides is 1. The van der Waals surface area contributed by atoms with Gasteiger partial charge in [-0.3, -0.25) is 4.79 Å². The molecular formula is C22H21F2NO5. The molecule has 0 aromatic heterocycles. The van der Waals surface area contributed by atoms with Crippen molar-refractivity contribution in [3.8, 4) is 11.5 Å². The molecule has 2 aromatic rings. The van der Waals surface area contributed by atoms with Crippen molar-refractivity contribution in [2.75, 3.05) is 19.8 Å². The number of benzene rings is 2. The third-order valence-corrected chi connectivity index (χ3v) is 5.43. The van der Waals surface area contributed by atoms with Gasteiger partial charge in [0.2, 0.25) is 0 Å². The fourth-order valence-electron chi connectivity index (χ4n) is 4.00. The van der Waals surface area contributed by atoms with Crippen molar-refractivity contribution in [3.63, 3.8) is 0 Å². The highest BCUT2D eigenvalue weighted by Crippen LogP contribution is 2.42. The van der Waals surface area contributed by atoms with Gasteiger partial charge in [0.25, 0.3) is 5.91 Å². The summed E-state index contributed by atoms with van der Waals surface area (Å²) in [6.45, 7) is 0.305. The summed E-state index contributed by atoms with van der Waals surface area (Å²) < 4.78 is 43.5. The topological polar surface area (TPSA) is 73.9 Å². The molecule has 0 radical (unpaired) electrons. The number of esters is 1. The highest BCUT2D eigenvalue weighted by molar-refractivity contribution is 5.92. The van der Waals surface area contributed by atoms with Crippen LogP contribution in [0.3, 0.4) is 0 Å². The zero-order valence-corrected chi connectivity index (χ0v) is 16.2. The van der Waals surface area contributed by atoms with E-state index in [1.807, 2.05) is 18.2 Å². The Hall–Kier alpha value is -3.16. The first kappa shape index (κ1) is 20.1. The Kier molecular flexibility index (Phi) is 5.57. The number of nitrogens with one attached hydrogen (secondary N) is 1. The highest BCUT2D eigenvalue weighted by Gasteiger charge is 2.38. The number of ether oxygens (including phenoxy) is 3. The Labute approximate surface area is 172 Å². The van der Waals surface area contributed by atoms with Gasteiger partial charge in [-0.15, -0.1) is 0 Å². The fraction of sp³-hybridized carbons (Fsp3) is 0.364. The molecule has 2 aromatic carbocycles. The number of carbonyl (C=O) groups is 2. The van der Waals surface area contributed by atoms with Crippen LogP contribution in [0.5, 0.6) is 11.5 Å². The number of fused-ring (bicyclic) bond motifs is 1. The van der Waals surface area contributed by atoms with E-state index in [0.29, 0.717) is 37.6 Å². The smallest absolute Gasteiger partial charge is 0.344 e. The lowest BCUT2D eigenvalue weighted by Crippen LogP contribution is -2.45. The van der Waals surface area contributed by atoms with Gasteiger partial charge in [-0.2, -0.15) is 0 Å². The van der Waals surface area contributed by atoms with E-state index in [0.717, 1.165) is 36.6 Å². The maximum Gasteiger partial charge on any atom is 0.344 e. The van der Waals surface area contributed by atoms with Crippen molar-refractivity contribution in [1.29, 1.82) is 0 Å². The standard InChI is InChI=1S/C22H21F2NO5/c23-15-4-3-5-16(24)20(15)21(27)30-13-19(26)25-22(8-1-2-9-22)14-6-7-17-18(12-14)29-11-10-28-17/h3-7,12H,1-2,8-11,13H2,(H,25,26). The van der Waals surface area contributed by atoms with Crippen molar-refractivity contribution in [3.05, 3.63) is 59.2 Å². The van der Waals surface area contributed by atoms with Gasteiger partial charge in [0.05, 0.1) is 5.54 Å². The van der Waals surface area contributed by atoms with Gasteiger partial charge < -0.3 is 19.5 Å². The molecule has 1 saturated carbocycles. The van der Waals surface area contributed by atoms with Crippen LogP contribution in [-0.2, 0) is 15.1 Å². The maximum absolute atomic E-state index is 13.7. The second-order valence-electron chi connectivity index (χ2n) is 7.37. The molecule has 1 fully saturated rings. The van der Waals surface area contributed by atoms with E-state index in [-0.39, 0.29) is 0 Å². The van der Waals surface area contributed by atoms with Crippen LogP contribution >= 0.6 is 0 Å². The van der Waals surface area contributed by atoms with E-state index < -0.39 is 41.2 Å². The molecule has 0 unspecified atom stereocenters. The Bertz CT molecular complexity index is 952. The molecule has 1 aliphatic carbocycles. The normalized spacial score (nSPS) is 16.7. The minimum absolute atomic E-state index is 0.457. The van der Waals surface area contributed by atoms with E-state index >= 15 is 0 Å². The van der Waals surface area contributed by atoms with Crippen molar-refractivity contribution in [1.82, 2.24) is 5.32 Å². The SMILES string of the molecule is O=C(COC(=O)c1c(F)cccc1F)NC1(c2ccc3c(c2)OCCO3)CCCC1. The van der Waals surface area contributed by atoms with Gasteiger partial charge in [-0.25, -0.2) is 13.6 Å². The fourth-order valence-corrected chi connectivity index (χ4v) is 4.00. The number of hydrogen-bond acceptors (Lipinski definition) is 5. The molecule has 1 N–H and O–H groups in total. The summed E-state index contributed by atoms with van der Waals surface area (Å²) in [5.41, 5.74) is -0.556. The van der Waals surface area contributed by atoms with Crippen LogP contribution in [0.25, 0.3) is 0 Å². The largest absolute Gasteiger partial charge is 0.486 e. The molecule has 0 saturated heterocycles. The number of halogens is 2. The summed E-state index contributed by atoms with van der Waals surface area (Å²) in [7, 11) is 0. The van der Waals surface area contributed by atoms with Crippen molar-refractivity contribution in [2.45, 2.75) is 31.2 Å². The number of carbonyl (C=O) groups excluding carboxylic acids is 2. The average molecular weight is 417 g/mol. The predicted molar refractivity (Wildman–Crippen MR) is 102 cm³/mol. The molecular weight excluding hydrogens is 396 g/mol. The molecule has 1 heterocycles. The summed E-state index contributed by atoms with van der Waals surface area (Å²) in [6.07, 6.45) is 3.28. The second kappa shape index (κ2) is 8.30. The third kappa shape index (κ3) is 3.94. The van der Waals surface area contributed by atoms with E-state index in [2.05, 4.69) is 5.32 Å². The first-order valence-corrected chi connectivity index (χ1v) is 9.81. The first-order valence-electron chi connectivity index (χ1n) is 9.81. The Balaban J connectivity index is 1.46. The minimum Gasteiger partial charge on any atom is -0.486 e. The van der Waals surface area contributed by atoms with Gasteiger partial charge in [0, 0.05) is 0 Å². The Morgan fingerprint density at radius 1 is 1.00 bits per heavy atom. The Morgan fingerprint density at radius 3 is 2.37 bits per heavy atom. The van der Waals surface area contributed by atoms with E-state index in [1.54, 1.807) is 0 Å². The van der Waals surface area contributed by atoms with Crippen LogP contribution in [0.2, 0.25) is 0 Å². The van der Waals surface area contributed by atoms with E-state index in [1.165, 1.54) is 0 Å². The van der Waals surface area contributed by atoms with Gasteiger partial charge in [0.15, 0.2) is 18.1 Å². The summed E-state index contributed by atoms with van der Waals surface area (Å²) in [4.78, 5) is 24.6. The van der Waals surface area contributed by atoms with Crippen LogP contribution in [-0.4, -0.2) is 31.7 Å². The average Bonchev–Trinajstić information content (AvgIpc) is 3.21. The van der Waals surface area contributed by atoms with Crippen LogP contribution in [0.1, 0.15) is 41.6 Å². The maximum atomic E-state index is 13.7. The Morgan fingerprint density at radius 2 is 1.67 bits per heavy atom. The number of rotatable bonds is 5. The van der Waals surface area contributed by atoms with Gasteiger partial charge in [-0.1, -0.05) is 25.0 Å². The zero-order valence-electron chi connectivity index (χ0n) is 16.2. The molecule has 30 heavy (non-hydrogen) atoms. The minimum atomic E-state index is -1.22. The van der Waals surface area contributed by atoms with Gasteiger partial charge in [0.1, 0.15) is 30.4 Å². The summed E-state index contributed by atoms with van der Waals surface area (Å²) >= 11 is 0. The highest BCUT2D eigenvalue weighted by atomic mass is 19.1. The van der Waals surface area contributed by atoms with Crippen molar-refractivity contribution < 1.29 is 32.6 Å². The molecule has 4 rings (SSSR count). The molecule has 1 amide bonds. The molecule has 1 aliphatic heterocycles. The molecule has 158 valence electrons. The van der Waals surface area contributed by atoms with Crippen LogP contribution < -0.4 is 14.8 Å². The molecule has 0 bridgehead atoms. The van der Waals surface area contributed by atoms with Crippen molar-refractivity contribution >= 4 is 11.9 Å². The quantitative estimate of drug-likeness (QED) is 0.754. The van der Waals surface area contributed by atoms with Gasteiger partial charge >= 0.3 is 5.97 Å². The lowest BCUT2D eigenvalue weighted by molar-refractivity contribution is -0.126. The number of hydrogen-bond donors (Lipinski definition) is 1. The first-order chi connectivity index (χ1) is 14.5. The summed E-state index contributed by atoms with van der Waals surface area (Å²) in [5.74, 6) is -2.56.